The first-order chi connectivity index (χ1) is 13.9. The van der Waals surface area contributed by atoms with Crippen molar-refractivity contribution in [2.75, 3.05) is 0 Å². The summed E-state index contributed by atoms with van der Waals surface area (Å²) >= 11 is 6.40. The first kappa shape index (κ1) is 18.8. The Morgan fingerprint density at radius 1 is 1.24 bits per heavy atom. The molecule has 0 saturated carbocycles. The largest absolute Gasteiger partial charge is 0.432 e. The van der Waals surface area contributed by atoms with Gasteiger partial charge in [0.15, 0.2) is 5.82 Å². The average molecular weight is 411 g/mol. The number of aromatic nitrogens is 2. The fraction of sp³-hybridized carbons (Fsp3) is 0.150. The molecule has 29 heavy (non-hydrogen) atoms. The second-order valence-corrected chi connectivity index (χ2v) is 6.88. The molecule has 0 fully saturated rings. The Labute approximate surface area is 170 Å². The molecule has 8 nitrogen and oxygen atoms in total. The van der Waals surface area contributed by atoms with E-state index in [4.69, 9.17) is 16.3 Å². The Hall–Kier alpha value is -3.52. The quantitative estimate of drug-likeness (QED) is 0.366. The molecule has 0 amide bonds. The number of halogens is 1. The zero-order chi connectivity index (χ0) is 20.7. The summed E-state index contributed by atoms with van der Waals surface area (Å²) in [5.41, 5.74) is 2.75. The van der Waals surface area contributed by atoms with Crippen molar-refractivity contribution in [1.82, 2.24) is 9.55 Å². The summed E-state index contributed by atoms with van der Waals surface area (Å²) in [4.78, 5) is 31.7. The van der Waals surface area contributed by atoms with Gasteiger partial charge in [-0.15, -0.1) is 0 Å². The number of benzene rings is 2. The van der Waals surface area contributed by atoms with Crippen molar-refractivity contribution in [3.8, 4) is 5.69 Å². The summed E-state index contributed by atoms with van der Waals surface area (Å²) in [5.74, 6) is -0.128. The van der Waals surface area contributed by atoms with E-state index < -0.39 is 17.1 Å². The minimum Gasteiger partial charge on any atom is -0.432 e. The van der Waals surface area contributed by atoms with Crippen molar-refractivity contribution < 1.29 is 14.5 Å². The normalized spacial score (nSPS) is 15.0. The van der Waals surface area contributed by atoms with Crippen LogP contribution in [0.25, 0.3) is 5.69 Å². The molecule has 1 unspecified atom stereocenters. The number of hydrogen-bond acceptors (Lipinski definition) is 6. The highest BCUT2D eigenvalue weighted by atomic mass is 35.5. The number of esters is 1. The summed E-state index contributed by atoms with van der Waals surface area (Å²) < 4.78 is 7.20. The lowest BCUT2D eigenvalue weighted by Gasteiger charge is -2.14. The SMILES string of the molecule is CC(=O)OC1N=C(c2ccccc2Cl)c2cc([N+](=O)[O-])ccc2-n2c(C)cnc21. The lowest BCUT2D eigenvalue weighted by atomic mass is 9.99. The van der Waals surface area contributed by atoms with E-state index in [2.05, 4.69) is 9.98 Å². The fourth-order valence-corrected chi connectivity index (χ4v) is 3.54. The zero-order valence-electron chi connectivity index (χ0n) is 15.5. The third-order valence-corrected chi connectivity index (χ3v) is 4.86. The summed E-state index contributed by atoms with van der Waals surface area (Å²) in [6, 6.07) is 11.5. The van der Waals surface area contributed by atoms with Crippen LogP contribution in [0.4, 0.5) is 5.69 Å². The molecular formula is C20H15ClN4O4. The minimum absolute atomic E-state index is 0.0891. The number of nitro groups is 1. The van der Waals surface area contributed by atoms with E-state index >= 15 is 0 Å². The Balaban J connectivity index is 2.07. The number of hydrogen-bond donors (Lipinski definition) is 0. The Morgan fingerprint density at radius 3 is 2.69 bits per heavy atom. The minimum atomic E-state index is -1.03. The third kappa shape index (κ3) is 3.27. The van der Waals surface area contributed by atoms with E-state index in [1.54, 1.807) is 41.1 Å². The number of imidazole rings is 1. The van der Waals surface area contributed by atoms with Gasteiger partial charge in [0, 0.05) is 47.1 Å². The topological polar surface area (TPSA) is 99.6 Å². The van der Waals surface area contributed by atoms with Gasteiger partial charge in [0.05, 0.1) is 16.3 Å². The molecule has 0 spiro atoms. The van der Waals surface area contributed by atoms with Crippen LogP contribution in [0.1, 0.15) is 35.8 Å². The molecule has 1 aliphatic rings. The number of nitro benzene ring substituents is 1. The summed E-state index contributed by atoms with van der Waals surface area (Å²) in [5, 5.41) is 11.8. The van der Waals surface area contributed by atoms with Gasteiger partial charge in [-0.25, -0.2) is 9.98 Å². The van der Waals surface area contributed by atoms with Gasteiger partial charge in [-0.05, 0) is 19.1 Å². The smallest absolute Gasteiger partial charge is 0.304 e. The third-order valence-electron chi connectivity index (χ3n) is 4.53. The molecule has 3 aromatic rings. The van der Waals surface area contributed by atoms with Crippen LogP contribution < -0.4 is 0 Å². The predicted octanol–water partition coefficient (Wildman–Crippen LogP) is 4.16. The van der Waals surface area contributed by atoms with Crippen LogP contribution in [0, 0.1) is 17.0 Å². The van der Waals surface area contributed by atoms with E-state index in [0.717, 1.165) is 5.69 Å². The number of fused-ring (bicyclic) bond motifs is 3. The maximum absolute atomic E-state index is 11.7. The lowest BCUT2D eigenvalue weighted by molar-refractivity contribution is -0.384. The van der Waals surface area contributed by atoms with E-state index in [1.165, 1.54) is 19.1 Å². The first-order valence-electron chi connectivity index (χ1n) is 8.70. The molecule has 2 heterocycles. The molecule has 0 saturated heterocycles. The van der Waals surface area contributed by atoms with Crippen molar-refractivity contribution in [1.29, 1.82) is 0 Å². The molecule has 0 N–H and O–H groups in total. The standard InChI is InChI=1S/C20H15ClN4O4/c1-11-10-22-19-20(29-12(2)26)23-18(14-5-3-4-6-16(14)21)15-9-13(25(27)28)7-8-17(15)24(11)19/h3-10,20H,1-2H3. The molecule has 2 aromatic carbocycles. The van der Waals surface area contributed by atoms with Gasteiger partial charge < -0.3 is 4.74 Å². The second kappa shape index (κ2) is 7.14. The Morgan fingerprint density at radius 2 is 2.00 bits per heavy atom. The summed E-state index contributed by atoms with van der Waals surface area (Å²) in [6.07, 6.45) is 0.603. The lowest BCUT2D eigenvalue weighted by Crippen LogP contribution is -2.12. The number of aliphatic imine (C=N–C) groups is 1. The monoisotopic (exact) mass is 410 g/mol. The van der Waals surface area contributed by atoms with Crippen molar-refractivity contribution >= 4 is 29.0 Å². The number of aryl methyl sites for hydroxylation is 1. The fourth-order valence-electron chi connectivity index (χ4n) is 3.31. The van der Waals surface area contributed by atoms with Gasteiger partial charge in [-0.3, -0.25) is 19.5 Å². The second-order valence-electron chi connectivity index (χ2n) is 6.47. The van der Waals surface area contributed by atoms with Crippen LogP contribution in [0.3, 0.4) is 0 Å². The maximum atomic E-state index is 11.7. The number of carbonyl (C=O) groups is 1. The van der Waals surface area contributed by atoms with E-state index in [0.29, 0.717) is 33.4 Å². The van der Waals surface area contributed by atoms with Crippen LogP contribution in [0.5, 0.6) is 0 Å². The van der Waals surface area contributed by atoms with E-state index in [-0.39, 0.29) is 5.69 Å². The van der Waals surface area contributed by atoms with Crippen LogP contribution >= 0.6 is 11.6 Å². The zero-order valence-corrected chi connectivity index (χ0v) is 16.3. The highest BCUT2D eigenvalue weighted by Crippen LogP contribution is 2.35. The summed E-state index contributed by atoms with van der Waals surface area (Å²) in [7, 11) is 0. The van der Waals surface area contributed by atoms with E-state index in [9.17, 15) is 14.9 Å². The van der Waals surface area contributed by atoms with Crippen molar-refractivity contribution in [3.05, 3.63) is 86.4 Å². The molecule has 1 aliphatic heterocycles. The molecule has 146 valence electrons. The van der Waals surface area contributed by atoms with Crippen LogP contribution in [-0.2, 0) is 9.53 Å². The number of ether oxygens (including phenoxy) is 1. The van der Waals surface area contributed by atoms with Crippen molar-refractivity contribution in [2.45, 2.75) is 20.1 Å². The highest BCUT2D eigenvalue weighted by molar-refractivity contribution is 6.35. The highest BCUT2D eigenvalue weighted by Gasteiger charge is 2.30. The maximum Gasteiger partial charge on any atom is 0.304 e. The molecule has 0 bridgehead atoms. The molecule has 0 radical (unpaired) electrons. The molecule has 4 rings (SSSR count). The predicted molar refractivity (Wildman–Crippen MR) is 107 cm³/mol. The Bertz CT molecular complexity index is 1180. The van der Waals surface area contributed by atoms with Crippen LogP contribution in [0.2, 0.25) is 5.02 Å². The number of nitrogens with zero attached hydrogens (tertiary/aromatic N) is 4. The molecule has 1 aromatic heterocycles. The van der Waals surface area contributed by atoms with Gasteiger partial charge in [0.2, 0.25) is 0 Å². The van der Waals surface area contributed by atoms with Gasteiger partial charge in [-0.1, -0.05) is 29.8 Å². The summed E-state index contributed by atoms with van der Waals surface area (Å²) in [6.45, 7) is 3.13. The van der Waals surface area contributed by atoms with Gasteiger partial charge in [0.1, 0.15) is 0 Å². The van der Waals surface area contributed by atoms with Gasteiger partial charge in [0.25, 0.3) is 11.9 Å². The van der Waals surface area contributed by atoms with Gasteiger partial charge >= 0.3 is 5.97 Å². The van der Waals surface area contributed by atoms with Gasteiger partial charge in [-0.2, -0.15) is 0 Å². The number of carbonyl (C=O) groups excluding carboxylic acids is 1. The van der Waals surface area contributed by atoms with Crippen molar-refractivity contribution in [2.24, 2.45) is 4.99 Å². The molecule has 0 aliphatic carbocycles. The average Bonchev–Trinajstić information content (AvgIpc) is 3.00. The van der Waals surface area contributed by atoms with Crippen LogP contribution in [-0.4, -0.2) is 26.2 Å². The molecular weight excluding hydrogens is 396 g/mol. The number of non-ortho nitro benzene ring substituents is 1. The van der Waals surface area contributed by atoms with Crippen molar-refractivity contribution in [3.63, 3.8) is 0 Å². The Kier molecular flexibility index (Phi) is 4.63. The van der Waals surface area contributed by atoms with E-state index in [1.807, 2.05) is 6.92 Å². The van der Waals surface area contributed by atoms with Crippen LogP contribution in [0.15, 0.2) is 53.7 Å². The molecule has 1 atom stereocenters. The first-order valence-corrected chi connectivity index (χ1v) is 9.08. The number of rotatable bonds is 3. The molecule has 9 heteroatoms.